The largest absolute Gasteiger partial charge is 0.508 e. The summed E-state index contributed by atoms with van der Waals surface area (Å²) in [6, 6.07) is 7.01. The van der Waals surface area contributed by atoms with Gasteiger partial charge in [0, 0.05) is 6.54 Å². The van der Waals surface area contributed by atoms with Crippen LogP contribution in [0.4, 0.5) is 0 Å². The van der Waals surface area contributed by atoms with E-state index in [-0.39, 0.29) is 24.6 Å². The number of carbonyl (C=O) groups excluding carboxylic acids is 1. The number of nitrogens with one attached hydrogen (secondary N) is 1. The number of aliphatic hydroxyl groups excluding tert-OH is 1. The second kappa shape index (κ2) is 6.54. The molecule has 0 aliphatic heterocycles. The van der Waals surface area contributed by atoms with E-state index in [0.717, 1.165) is 16.7 Å². The number of phenols is 1. The molecule has 1 aromatic carbocycles. The zero-order valence-corrected chi connectivity index (χ0v) is 12.0. The molecule has 20 heavy (non-hydrogen) atoms. The lowest BCUT2D eigenvalue weighted by Crippen LogP contribution is -2.29. The second-order valence-corrected chi connectivity index (χ2v) is 5.45. The minimum Gasteiger partial charge on any atom is -0.508 e. The predicted molar refractivity (Wildman–Crippen MR) is 78.8 cm³/mol. The van der Waals surface area contributed by atoms with Crippen molar-refractivity contribution in [1.29, 1.82) is 0 Å². The standard InChI is InChI=1S/C15H17NO3S/c1-10-2-3-11(6-13(10)17)7-15(19)16-8-14(18)12-4-5-20-9-12/h2-6,9,14,17-18H,7-8H2,1H3,(H,16,19). The lowest BCUT2D eigenvalue weighted by Gasteiger charge is -2.11. The Balaban J connectivity index is 1.85. The van der Waals surface area contributed by atoms with Crippen LogP contribution in [0, 0.1) is 6.92 Å². The van der Waals surface area contributed by atoms with Gasteiger partial charge >= 0.3 is 0 Å². The smallest absolute Gasteiger partial charge is 0.224 e. The Morgan fingerprint density at radius 2 is 2.20 bits per heavy atom. The van der Waals surface area contributed by atoms with Crippen molar-refractivity contribution in [2.24, 2.45) is 0 Å². The van der Waals surface area contributed by atoms with E-state index in [1.54, 1.807) is 19.1 Å². The number of thiophene rings is 1. The van der Waals surface area contributed by atoms with Gasteiger partial charge in [-0.2, -0.15) is 11.3 Å². The van der Waals surface area contributed by atoms with Gasteiger partial charge < -0.3 is 15.5 Å². The number of aromatic hydroxyl groups is 1. The number of phenolic OH excluding ortho intramolecular Hbond substituents is 1. The summed E-state index contributed by atoms with van der Waals surface area (Å²) < 4.78 is 0. The molecular formula is C15H17NO3S. The van der Waals surface area contributed by atoms with Crippen molar-refractivity contribution in [3.05, 3.63) is 51.7 Å². The molecule has 0 saturated heterocycles. The number of aryl methyl sites for hydroxylation is 1. The summed E-state index contributed by atoms with van der Waals surface area (Å²) in [7, 11) is 0. The van der Waals surface area contributed by atoms with Crippen molar-refractivity contribution in [3.63, 3.8) is 0 Å². The van der Waals surface area contributed by atoms with Gasteiger partial charge in [0.25, 0.3) is 0 Å². The number of benzene rings is 1. The van der Waals surface area contributed by atoms with E-state index in [1.165, 1.54) is 11.3 Å². The van der Waals surface area contributed by atoms with Gasteiger partial charge in [-0.15, -0.1) is 0 Å². The summed E-state index contributed by atoms with van der Waals surface area (Å²) in [5.74, 6) is 0.0103. The highest BCUT2D eigenvalue weighted by molar-refractivity contribution is 7.07. The van der Waals surface area contributed by atoms with Gasteiger partial charge in [-0.1, -0.05) is 12.1 Å². The van der Waals surface area contributed by atoms with Crippen LogP contribution in [0.25, 0.3) is 0 Å². The Morgan fingerprint density at radius 3 is 2.85 bits per heavy atom. The molecule has 0 spiro atoms. The molecule has 2 rings (SSSR count). The van der Waals surface area contributed by atoms with E-state index in [2.05, 4.69) is 5.32 Å². The normalized spacial score (nSPS) is 12.1. The molecule has 1 heterocycles. The highest BCUT2D eigenvalue weighted by atomic mass is 32.1. The quantitative estimate of drug-likeness (QED) is 0.790. The van der Waals surface area contributed by atoms with Crippen LogP contribution in [0.15, 0.2) is 35.0 Å². The molecule has 0 bridgehead atoms. The van der Waals surface area contributed by atoms with E-state index in [9.17, 15) is 15.0 Å². The first-order valence-electron chi connectivity index (χ1n) is 6.31. The first-order valence-corrected chi connectivity index (χ1v) is 7.26. The van der Waals surface area contributed by atoms with E-state index in [0.29, 0.717) is 0 Å². The topological polar surface area (TPSA) is 69.6 Å². The third-order valence-corrected chi connectivity index (χ3v) is 3.76. The minimum absolute atomic E-state index is 0.178. The number of amides is 1. The fraction of sp³-hybridized carbons (Fsp3) is 0.267. The molecule has 5 heteroatoms. The van der Waals surface area contributed by atoms with Gasteiger partial charge in [-0.25, -0.2) is 0 Å². The highest BCUT2D eigenvalue weighted by Gasteiger charge is 2.10. The second-order valence-electron chi connectivity index (χ2n) is 4.67. The molecule has 1 atom stereocenters. The van der Waals surface area contributed by atoms with Gasteiger partial charge in [0.05, 0.1) is 12.5 Å². The zero-order chi connectivity index (χ0) is 14.5. The molecule has 0 fully saturated rings. The summed E-state index contributed by atoms with van der Waals surface area (Å²) in [6.45, 7) is 1.99. The van der Waals surface area contributed by atoms with E-state index < -0.39 is 6.10 Å². The Morgan fingerprint density at radius 1 is 1.40 bits per heavy atom. The van der Waals surface area contributed by atoms with Crippen molar-refractivity contribution >= 4 is 17.2 Å². The van der Waals surface area contributed by atoms with Crippen LogP contribution in [0.2, 0.25) is 0 Å². The fourth-order valence-corrected chi connectivity index (χ4v) is 2.51. The number of carbonyl (C=O) groups is 1. The summed E-state index contributed by atoms with van der Waals surface area (Å²) in [5.41, 5.74) is 2.33. The van der Waals surface area contributed by atoms with E-state index >= 15 is 0 Å². The summed E-state index contributed by atoms with van der Waals surface area (Å²) in [6.07, 6.45) is -0.499. The number of aliphatic hydroxyl groups is 1. The number of hydrogen-bond acceptors (Lipinski definition) is 4. The van der Waals surface area contributed by atoms with Crippen molar-refractivity contribution in [2.45, 2.75) is 19.4 Å². The van der Waals surface area contributed by atoms with Crippen LogP contribution in [0.3, 0.4) is 0 Å². The Labute approximate surface area is 121 Å². The highest BCUT2D eigenvalue weighted by Crippen LogP contribution is 2.18. The summed E-state index contributed by atoms with van der Waals surface area (Å²) in [4.78, 5) is 11.8. The molecule has 0 aliphatic carbocycles. The first-order chi connectivity index (χ1) is 9.56. The molecule has 4 nitrogen and oxygen atoms in total. The van der Waals surface area contributed by atoms with Crippen molar-refractivity contribution in [3.8, 4) is 5.75 Å². The lowest BCUT2D eigenvalue weighted by atomic mass is 10.1. The van der Waals surface area contributed by atoms with Crippen LogP contribution in [0.1, 0.15) is 22.8 Å². The van der Waals surface area contributed by atoms with Gasteiger partial charge in [0.2, 0.25) is 5.91 Å². The molecule has 3 N–H and O–H groups in total. The molecule has 106 valence electrons. The van der Waals surface area contributed by atoms with Gasteiger partial charge in [0.1, 0.15) is 5.75 Å². The molecule has 1 aromatic heterocycles. The first kappa shape index (κ1) is 14.6. The van der Waals surface area contributed by atoms with Crippen LogP contribution in [0.5, 0.6) is 5.75 Å². The maximum Gasteiger partial charge on any atom is 0.224 e. The van der Waals surface area contributed by atoms with Crippen LogP contribution >= 0.6 is 11.3 Å². The maximum absolute atomic E-state index is 11.8. The summed E-state index contributed by atoms with van der Waals surface area (Å²) >= 11 is 1.51. The fourth-order valence-electron chi connectivity index (χ4n) is 1.81. The van der Waals surface area contributed by atoms with Crippen molar-refractivity contribution in [1.82, 2.24) is 5.32 Å². The molecule has 1 unspecified atom stereocenters. The third kappa shape index (κ3) is 3.82. The molecule has 0 saturated carbocycles. The molecule has 2 aromatic rings. The third-order valence-electron chi connectivity index (χ3n) is 3.06. The maximum atomic E-state index is 11.8. The van der Waals surface area contributed by atoms with Gasteiger partial charge in [0.15, 0.2) is 0 Å². The number of hydrogen-bond donors (Lipinski definition) is 3. The van der Waals surface area contributed by atoms with E-state index in [4.69, 9.17) is 0 Å². The van der Waals surface area contributed by atoms with Gasteiger partial charge in [-0.3, -0.25) is 4.79 Å². The van der Waals surface area contributed by atoms with Crippen LogP contribution < -0.4 is 5.32 Å². The Bertz CT molecular complexity index is 581. The zero-order valence-electron chi connectivity index (χ0n) is 11.2. The molecule has 1 amide bonds. The summed E-state index contributed by atoms with van der Waals surface area (Å²) in [5, 5.41) is 25.9. The molecule has 0 aliphatic rings. The Kier molecular flexibility index (Phi) is 4.76. The average molecular weight is 291 g/mol. The van der Waals surface area contributed by atoms with Crippen LogP contribution in [-0.4, -0.2) is 22.7 Å². The SMILES string of the molecule is Cc1ccc(CC(=O)NCC(O)c2ccsc2)cc1O. The Hall–Kier alpha value is -1.85. The minimum atomic E-state index is -0.684. The lowest BCUT2D eigenvalue weighted by molar-refractivity contribution is -0.120. The van der Waals surface area contributed by atoms with Crippen LogP contribution in [-0.2, 0) is 11.2 Å². The molecule has 0 radical (unpaired) electrons. The predicted octanol–water partition coefficient (Wildman–Crippen LogP) is 2.15. The average Bonchev–Trinajstić information content (AvgIpc) is 2.94. The molecular weight excluding hydrogens is 274 g/mol. The van der Waals surface area contributed by atoms with Crippen molar-refractivity contribution in [2.75, 3.05) is 6.54 Å². The van der Waals surface area contributed by atoms with E-state index in [1.807, 2.05) is 22.9 Å². The number of rotatable bonds is 5. The van der Waals surface area contributed by atoms with Crippen molar-refractivity contribution < 1.29 is 15.0 Å². The monoisotopic (exact) mass is 291 g/mol. The van der Waals surface area contributed by atoms with Gasteiger partial charge in [-0.05, 0) is 46.5 Å².